The molecule has 1 amide bonds. The van der Waals surface area contributed by atoms with E-state index in [4.69, 9.17) is 9.84 Å². The summed E-state index contributed by atoms with van der Waals surface area (Å²) in [6.07, 6.45) is 0.866. The molecule has 1 atom stereocenters. The third-order valence-electron chi connectivity index (χ3n) is 2.77. The Labute approximate surface area is 117 Å². The van der Waals surface area contributed by atoms with Crippen LogP contribution < -0.4 is 10.1 Å². The average Bonchev–Trinajstić information content (AvgIpc) is 2.43. The average molecular weight is 281 g/mol. The van der Waals surface area contributed by atoms with E-state index in [0.717, 1.165) is 18.9 Å². The van der Waals surface area contributed by atoms with Crippen LogP contribution in [0.2, 0.25) is 0 Å². The van der Waals surface area contributed by atoms with Crippen molar-refractivity contribution >= 4 is 11.9 Å². The van der Waals surface area contributed by atoms with Gasteiger partial charge in [0.05, 0.1) is 6.54 Å². The van der Waals surface area contributed by atoms with Crippen molar-refractivity contribution in [3.63, 3.8) is 0 Å². The topological polar surface area (TPSA) is 95.9 Å². The van der Waals surface area contributed by atoms with Crippen molar-refractivity contribution in [2.45, 2.75) is 25.9 Å². The molecule has 0 fully saturated rings. The van der Waals surface area contributed by atoms with Crippen LogP contribution in [0.5, 0.6) is 5.75 Å². The van der Waals surface area contributed by atoms with Crippen LogP contribution in [0.25, 0.3) is 0 Å². The minimum absolute atomic E-state index is 0.233. The number of hydrogen-bond donors (Lipinski definition) is 3. The highest BCUT2D eigenvalue weighted by atomic mass is 16.5. The Balaban J connectivity index is 2.42. The van der Waals surface area contributed by atoms with E-state index in [1.165, 1.54) is 0 Å². The van der Waals surface area contributed by atoms with Gasteiger partial charge in [0.1, 0.15) is 5.75 Å². The normalized spacial score (nSPS) is 13.3. The number of carboxylic acids is 1. The van der Waals surface area contributed by atoms with Crippen LogP contribution >= 0.6 is 0 Å². The molecule has 0 saturated heterocycles. The fourth-order valence-corrected chi connectivity index (χ4v) is 1.40. The summed E-state index contributed by atoms with van der Waals surface area (Å²) in [4.78, 5) is 22.2. The molecule has 0 spiro atoms. The highest BCUT2D eigenvalue weighted by Crippen LogP contribution is 2.13. The van der Waals surface area contributed by atoms with Gasteiger partial charge in [-0.2, -0.15) is 0 Å². The van der Waals surface area contributed by atoms with Crippen molar-refractivity contribution in [1.82, 2.24) is 5.32 Å². The molecule has 1 rings (SSSR count). The van der Waals surface area contributed by atoms with Gasteiger partial charge in [-0.25, -0.2) is 4.79 Å². The molecule has 0 aliphatic rings. The number of ether oxygens (including phenoxy) is 1. The van der Waals surface area contributed by atoms with E-state index in [-0.39, 0.29) is 13.2 Å². The molecular weight excluding hydrogens is 262 g/mol. The Kier molecular flexibility index (Phi) is 5.52. The maximum Gasteiger partial charge on any atom is 0.337 e. The third kappa shape index (κ3) is 4.89. The van der Waals surface area contributed by atoms with Crippen LogP contribution in [-0.4, -0.2) is 40.8 Å². The number of carbonyl (C=O) groups excluding carboxylic acids is 1. The summed E-state index contributed by atoms with van der Waals surface area (Å²) < 4.78 is 5.29. The van der Waals surface area contributed by atoms with Gasteiger partial charge in [0, 0.05) is 0 Å². The molecule has 6 nitrogen and oxygen atoms in total. The van der Waals surface area contributed by atoms with Gasteiger partial charge < -0.3 is 20.3 Å². The predicted molar refractivity (Wildman–Crippen MR) is 72.6 cm³/mol. The summed E-state index contributed by atoms with van der Waals surface area (Å²) in [5, 5.41) is 20.4. The second-order valence-electron chi connectivity index (χ2n) is 4.65. The van der Waals surface area contributed by atoms with Gasteiger partial charge in [0.25, 0.3) is 5.91 Å². The summed E-state index contributed by atoms with van der Waals surface area (Å²) in [5.41, 5.74) is -0.894. The Hall–Kier alpha value is -2.08. The van der Waals surface area contributed by atoms with Gasteiger partial charge in [0.2, 0.25) is 0 Å². The molecule has 0 bridgehead atoms. The lowest BCUT2D eigenvalue weighted by atomic mass is 10.1. The van der Waals surface area contributed by atoms with Gasteiger partial charge in [-0.15, -0.1) is 0 Å². The first-order chi connectivity index (χ1) is 9.35. The van der Waals surface area contributed by atoms with Crippen LogP contribution in [-0.2, 0) is 16.0 Å². The standard InChI is InChI=1S/C14H19NO5/c1-3-10-5-4-6-11(7-10)20-8-12(16)15-9-14(2,19)13(17)18/h4-7,19H,3,8-9H2,1-2H3,(H,15,16)(H,17,18). The summed E-state index contributed by atoms with van der Waals surface area (Å²) in [5.74, 6) is -1.31. The first-order valence-corrected chi connectivity index (χ1v) is 6.29. The Bertz CT molecular complexity index is 484. The van der Waals surface area contributed by atoms with Crippen LogP contribution in [0.4, 0.5) is 0 Å². The molecule has 1 aromatic rings. The number of benzene rings is 1. The number of carbonyl (C=O) groups is 2. The first kappa shape index (κ1) is 16.0. The lowest BCUT2D eigenvalue weighted by molar-refractivity contribution is -0.156. The molecule has 20 heavy (non-hydrogen) atoms. The molecule has 1 aromatic carbocycles. The van der Waals surface area contributed by atoms with Gasteiger partial charge in [-0.1, -0.05) is 19.1 Å². The van der Waals surface area contributed by atoms with Crippen LogP contribution in [0.15, 0.2) is 24.3 Å². The van der Waals surface area contributed by atoms with E-state index in [2.05, 4.69) is 5.32 Å². The molecule has 0 heterocycles. The molecule has 6 heteroatoms. The van der Waals surface area contributed by atoms with E-state index in [9.17, 15) is 14.7 Å². The van der Waals surface area contributed by atoms with E-state index < -0.39 is 17.5 Å². The van der Waals surface area contributed by atoms with E-state index in [1.807, 2.05) is 25.1 Å². The zero-order valence-corrected chi connectivity index (χ0v) is 11.5. The van der Waals surface area contributed by atoms with E-state index in [1.54, 1.807) is 6.07 Å². The lowest BCUT2D eigenvalue weighted by Gasteiger charge is -2.18. The van der Waals surface area contributed by atoms with Crippen molar-refractivity contribution in [2.24, 2.45) is 0 Å². The Morgan fingerprint density at radius 3 is 2.70 bits per heavy atom. The molecule has 0 aliphatic heterocycles. The zero-order chi connectivity index (χ0) is 15.2. The summed E-state index contributed by atoms with van der Waals surface area (Å²) in [7, 11) is 0. The van der Waals surface area contributed by atoms with Crippen molar-refractivity contribution < 1.29 is 24.5 Å². The number of hydrogen-bond acceptors (Lipinski definition) is 4. The smallest absolute Gasteiger partial charge is 0.337 e. The van der Waals surface area contributed by atoms with Gasteiger partial charge in [-0.05, 0) is 31.0 Å². The Morgan fingerprint density at radius 1 is 1.40 bits per heavy atom. The van der Waals surface area contributed by atoms with Crippen molar-refractivity contribution in [3.8, 4) is 5.75 Å². The number of aliphatic hydroxyl groups is 1. The van der Waals surface area contributed by atoms with Crippen molar-refractivity contribution in [3.05, 3.63) is 29.8 Å². The molecule has 0 saturated carbocycles. The third-order valence-corrected chi connectivity index (χ3v) is 2.77. The molecule has 3 N–H and O–H groups in total. The molecule has 1 unspecified atom stereocenters. The number of aliphatic carboxylic acids is 1. The number of carboxylic acid groups (broad SMARTS) is 1. The zero-order valence-electron chi connectivity index (χ0n) is 11.5. The summed E-state index contributed by atoms with van der Waals surface area (Å²) >= 11 is 0. The predicted octanol–water partition coefficient (Wildman–Crippen LogP) is 0.580. The second-order valence-corrected chi connectivity index (χ2v) is 4.65. The minimum Gasteiger partial charge on any atom is -0.484 e. The Morgan fingerprint density at radius 2 is 2.10 bits per heavy atom. The van der Waals surface area contributed by atoms with Gasteiger partial charge in [-0.3, -0.25) is 4.79 Å². The van der Waals surface area contributed by atoms with Gasteiger partial charge >= 0.3 is 5.97 Å². The fourth-order valence-electron chi connectivity index (χ4n) is 1.40. The maximum atomic E-state index is 11.5. The quantitative estimate of drug-likeness (QED) is 0.679. The number of rotatable bonds is 7. The molecular formula is C14H19NO5. The highest BCUT2D eigenvalue weighted by Gasteiger charge is 2.30. The summed E-state index contributed by atoms with van der Waals surface area (Å²) in [6, 6.07) is 7.36. The monoisotopic (exact) mass is 281 g/mol. The fraction of sp³-hybridized carbons (Fsp3) is 0.429. The summed E-state index contributed by atoms with van der Waals surface area (Å²) in [6.45, 7) is 2.52. The van der Waals surface area contributed by atoms with Crippen LogP contribution in [0, 0.1) is 0 Å². The van der Waals surface area contributed by atoms with Crippen LogP contribution in [0.3, 0.4) is 0 Å². The number of nitrogens with one attached hydrogen (secondary N) is 1. The number of aryl methyl sites for hydroxylation is 1. The SMILES string of the molecule is CCc1cccc(OCC(=O)NCC(C)(O)C(=O)O)c1. The van der Waals surface area contributed by atoms with Crippen LogP contribution in [0.1, 0.15) is 19.4 Å². The first-order valence-electron chi connectivity index (χ1n) is 6.29. The van der Waals surface area contributed by atoms with E-state index >= 15 is 0 Å². The second kappa shape index (κ2) is 6.91. The highest BCUT2D eigenvalue weighted by molar-refractivity contribution is 5.80. The molecule has 110 valence electrons. The minimum atomic E-state index is -1.99. The molecule has 0 aromatic heterocycles. The van der Waals surface area contributed by atoms with Gasteiger partial charge in [0.15, 0.2) is 12.2 Å². The maximum absolute atomic E-state index is 11.5. The molecule has 0 aliphatic carbocycles. The molecule has 0 radical (unpaired) electrons. The van der Waals surface area contributed by atoms with Crippen molar-refractivity contribution in [2.75, 3.05) is 13.2 Å². The number of amides is 1. The van der Waals surface area contributed by atoms with E-state index in [0.29, 0.717) is 5.75 Å². The lowest BCUT2D eigenvalue weighted by Crippen LogP contribution is -2.47. The largest absolute Gasteiger partial charge is 0.484 e. The van der Waals surface area contributed by atoms with Crippen molar-refractivity contribution in [1.29, 1.82) is 0 Å².